The van der Waals surface area contributed by atoms with Gasteiger partial charge in [-0.2, -0.15) is 5.26 Å². The van der Waals surface area contributed by atoms with Crippen LogP contribution in [0.15, 0.2) is 24.4 Å². The number of anilines is 2. The van der Waals surface area contributed by atoms with Crippen molar-refractivity contribution in [3.8, 4) is 11.8 Å². The number of halogens is 1. The molecule has 0 aliphatic carbocycles. The zero-order valence-electron chi connectivity index (χ0n) is 14.0. The Balaban J connectivity index is 2.60. The summed E-state index contributed by atoms with van der Waals surface area (Å²) in [5.74, 6) is -1.06. The number of aromatic nitrogens is 1. The Hall–Kier alpha value is -2.98. The number of nitrogens with zero attached hydrogens (tertiary/aromatic N) is 2. The van der Waals surface area contributed by atoms with Crippen molar-refractivity contribution in [2.24, 2.45) is 5.92 Å². The van der Waals surface area contributed by atoms with Gasteiger partial charge in [0, 0.05) is 17.8 Å². The van der Waals surface area contributed by atoms with E-state index in [1.807, 2.05) is 6.07 Å². The van der Waals surface area contributed by atoms with E-state index in [1.54, 1.807) is 32.0 Å². The van der Waals surface area contributed by atoms with Gasteiger partial charge in [-0.25, -0.2) is 4.79 Å². The van der Waals surface area contributed by atoms with Crippen molar-refractivity contribution in [2.75, 3.05) is 18.2 Å². The van der Waals surface area contributed by atoms with Crippen LogP contribution in [-0.2, 0) is 9.53 Å². The molecule has 7 nitrogen and oxygen atoms in total. The molecule has 3 N–H and O–H groups in total. The van der Waals surface area contributed by atoms with Crippen LogP contribution in [-0.4, -0.2) is 23.6 Å². The first-order chi connectivity index (χ1) is 11.8. The van der Waals surface area contributed by atoms with Gasteiger partial charge in [-0.3, -0.25) is 4.79 Å². The lowest BCUT2D eigenvalue weighted by Crippen LogP contribution is -2.18. The second-order valence-electron chi connectivity index (χ2n) is 5.59. The third-order valence-electron chi connectivity index (χ3n) is 3.54. The average Bonchev–Trinajstić information content (AvgIpc) is 2.92. The molecule has 1 amide bonds. The van der Waals surface area contributed by atoms with Gasteiger partial charge in [-0.05, 0) is 18.2 Å². The quantitative estimate of drug-likeness (QED) is 0.814. The van der Waals surface area contributed by atoms with Crippen molar-refractivity contribution in [1.29, 1.82) is 5.26 Å². The number of hydrogen-bond acceptors (Lipinski definition) is 5. The molecule has 0 bridgehead atoms. The maximum Gasteiger partial charge on any atom is 0.357 e. The van der Waals surface area contributed by atoms with Crippen molar-refractivity contribution in [2.45, 2.75) is 13.8 Å². The SMILES string of the molecule is COC(=O)c1c(N)c(C#N)cn1-c1cc(NC(=O)C(C)C)ccc1Cl. The van der Waals surface area contributed by atoms with E-state index in [-0.39, 0.29) is 28.8 Å². The van der Waals surface area contributed by atoms with Crippen molar-refractivity contribution in [3.63, 3.8) is 0 Å². The molecular weight excluding hydrogens is 344 g/mol. The first-order valence-electron chi connectivity index (χ1n) is 7.40. The van der Waals surface area contributed by atoms with Crippen LogP contribution in [0.25, 0.3) is 5.69 Å². The molecule has 1 aromatic heterocycles. The number of methoxy groups -OCH3 is 1. The minimum Gasteiger partial charge on any atom is -0.464 e. The lowest BCUT2D eigenvalue weighted by molar-refractivity contribution is -0.118. The predicted molar refractivity (Wildman–Crippen MR) is 94.7 cm³/mol. The molecule has 0 spiro atoms. The lowest BCUT2D eigenvalue weighted by Gasteiger charge is -2.13. The van der Waals surface area contributed by atoms with Gasteiger partial charge in [0.05, 0.1) is 29.1 Å². The number of ether oxygens (including phenoxy) is 1. The van der Waals surface area contributed by atoms with Gasteiger partial charge < -0.3 is 20.4 Å². The molecule has 130 valence electrons. The predicted octanol–water partition coefficient (Wildman–Crippen LogP) is 2.97. The molecule has 0 unspecified atom stereocenters. The number of nitrogens with two attached hydrogens (primary N) is 1. The van der Waals surface area contributed by atoms with Crippen LogP contribution < -0.4 is 11.1 Å². The molecule has 0 atom stereocenters. The van der Waals surface area contributed by atoms with Crippen molar-refractivity contribution in [3.05, 3.63) is 40.7 Å². The van der Waals surface area contributed by atoms with E-state index in [4.69, 9.17) is 22.1 Å². The summed E-state index contributed by atoms with van der Waals surface area (Å²) >= 11 is 6.25. The number of nitriles is 1. The first-order valence-corrected chi connectivity index (χ1v) is 7.78. The van der Waals surface area contributed by atoms with Gasteiger partial charge in [-0.1, -0.05) is 25.4 Å². The summed E-state index contributed by atoms with van der Waals surface area (Å²) < 4.78 is 6.12. The Morgan fingerprint density at radius 3 is 2.64 bits per heavy atom. The van der Waals surface area contributed by atoms with Gasteiger partial charge >= 0.3 is 5.97 Å². The Bertz CT molecular complexity index is 881. The molecule has 8 heteroatoms. The van der Waals surface area contributed by atoms with Crippen LogP contribution in [0.4, 0.5) is 11.4 Å². The van der Waals surface area contributed by atoms with Crippen LogP contribution in [0, 0.1) is 17.2 Å². The van der Waals surface area contributed by atoms with Gasteiger partial charge in [0.2, 0.25) is 5.91 Å². The van der Waals surface area contributed by atoms with Crippen LogP contribution >= 0.6 is 11.6 Å². The van der Waals surface area contributed by atoms with E-state index < -0.39 is 5.97 Å². The third-order valence-corrected chi connectivity index (χ3v) is 3.86. The molecule has 1 aromatic carbocycles. The molecule has 0 aliphatic heterocycles. The summed E-state index contributed by atoms with van der Waals surface area (Å²) in [6, 6.07) is 6.73. The highest BCUT2D eigenvalue weighted by Gasteiger charge is 2.23. The van der Waals surface area contributed by atoms with Crippen LogP contribution in [0.2, 0.25) is 5.02 Å². The van der Waals surface area contributed by atoms with Gasteiger partial charge in [0.15, 0.2) is 5.69 Å². The number of nitrogens with one attached hydrogen (secondary N) is 1. The summed E-state index contributed by atoms with van der Waals surface area (Å²) in [4.78, 5) is 24.0. The summed E-state index contributed by atoms with van der Waals surface area (Å²) in [6.07, 6.45) is 1.40. The van der Waals surface area contributed by atoms with Crippen LogP contribution in [0.5, 0.6) is 0 Å². The molecule has 2 aromatic rings. The zero-order valence-corrected chi connectivity index (χ0v) is 14.7. The Morgan fingerprint density at radius 2 is 2.08 bits per heavy atom. The van der Waals surface area contributed by atoms with Gasteiger partial charge in [-0.15, -0.1) is 0 Å². The van der Waals surface area contributed by atoms with Crippen molar-refractivity contribution < 1.29 is 14.3 Å². The molecule has 2 rings (SSSR count). The van der Waals surface area contributed by atoms with E-state index in [9.17, 15) is 14.9 Å². The lowest BCUT2D eigenvalue weighted by atomic mass is 10.2. The summed E-state index contributed by atoms with van der Waals surface area (Å²) in [6.45, 7) is 3.54. The van der Waals surface area contributed by atoms with Gasteiger partial charge in [0.25, 0.3) is 0 Å². The largest absolute Gasteiger partial charge is 0.464 e. The monoisotopic (exact) mass is 360 g/mol. The number of carbonyl (C=O) groups is 2. The summed E-state index contributed by atoms with van der Waals surface area (Å²) in [5.41, 5.74) is 6.88. The van der Waals surface area contributed by atoms with Crippen molar-refractivity contribution >= 4 is 34.9 Å². The van der Waals surface area contributed by atoms with Crippen molar-refractivity contribution in [1.82, 2.24) is 4.57 Å². The number of hydrogen-bond donors (Lipinski definition) is 2. The standard InChI is InChI=1S/C17H17ClN4O3/c1-9(2)16(23)21-11-4-5-12(18)13(6-11)22-8-10(7-19)14(20)15(22)17(24)25-3/h4-6,8-9H,20H2,1-3H3,(H,21,23). The highest BCUT2D eigenvalue weighted by Crippen LogP contribution is 2.30. The van der Waals surface area contributed by atoms with Crippen LogP contribution in [0.3, 0.4) is 0 Å². The smallest absolute Gasteiger partial charge is 0.357 e. The number of carbonyl (C=O) groups excluding carboxylic acids is 2. The minimum absolute atomic E-state index is 0.00188. The fourth-order valence-electron chi connectivity index (χ4n) is 2.17. The molecule has 1 heterocycles. The summed E-state index contributed by atoms with van der Waals surface area (Å²) in [5, 5.41) is 12.2. The number of rotatable bonds is 4. The maximum atomic E-state index is 12.1. The normalized spacial score (nSPS) is 10.4. The first kappa shape index (κ1) is 18.4. The number of nitrogen functional groups attached to an aromatic ring is 1. The van der Waals surface area contributed by atoms with Crippen LogP contribution in [0.1, 0.15) is 29.9 Å². The Morgan fingerprint density at radius 1 is 1.40 bits per heavy atom. The number of esters is 1. The second-order valence-corrected chi connectivity index (χ2v) is 6.00. The molecule has 0 saturated carbocycles. The summed E-state index contributed by atoms with van der Waals surface area (Å²) in [7, 11) is 1.21. The molecule has 0 fully saturated rings. The topological polar surface area (TPSA) is 110 Å². The Kier molecular flexibility index (Phi) is 5.35. The molecular formula is C17H17ClN4O3. The maximum absolute atomic E-state index is 12.1. The second kappa shape index (κ2) is 7.28. The van der Waals surface area contributed by atoms with E-state index in [1.165, 1.54) is 17.9 Å². The minimum atomic E-state index is -0.702. The molecule has 0 aliphatic rings. The zero-order chi connectivity index (χ0) is 18.7. The van der Waals surface area contributed by atoms with E-state index in [0.29, 0.717) is 16.4 Å². The van der Waals surface area contributed by atoms with E-state index >= 15 is 0 Å². The highest BCUT2D eigenvalue weighted by molar-refractivity contribution is 6.32. The Labute approximate surface area is 149 Å². The molecule has 25 heavy (non-hydrogen) atoms. The fraction of sp³-hybridized carbons (Fsp3) is 0.235. The van der Waals surface area contributed by atoms with Gasteiger partial charge in [0.1, 0.15) is 6.07 Å². The van der Waals surface area contributed by atoms with E-state index in [0.717, 1.165) is 0 Å². The molecule has 0 saturated heterocycles. The highest BCUT2D eigenvalue weighted by atomic mass is 35.5. The average molecular weight is 361 g/mol. The van der Waals surface area contributed by atoms with E-state index in [2.05, 4.69) is 5.32 Å². The number of amides is 1. The number of benzene rings is 1. The molecule has 0 radical (unpaired) electrons. The third kappa shape index (κ3) is 3.59. The fourth-order valence-corrected chi connectivity index (χ4v) is 2.37.